The van der Waals surface area contributed by atoms with Gasteiger partial charge in [-0.05, 0) is 42.3 Å². The molecule has 1 aromatic heterocycles. The molecule has 0 radical (unpaired) electrons. The highest BCUT2D eigenvalue weighted by Crippen LogP contribution is 2.14. The Hall–Kier alpha value is -3.48. The summed E-state index contributed by atoms with van der Waals surface area (Å²) in [5.41, 5.74) is 4.73. The van der Waals surface area contributed by atoms with Gasteiger partial charge in [0.2, 0.25) is 5.95 Å². The molecule has 2 N–H and O–H groups in total. The molecule has 0 aliphatic heterocycles. The Morgan fingerprint density at radius 1 is 1.23 bits per heavy atom. The number of halogens is 1. The maximum Gasteiger partial charge on any atom is 0.252 e. The maximum atomic E-state index is 12.9. The van der Waals surface area contributed by atoms with Crippen LogP contribution < -0.4 is 15.7 Å². The van der Waals surface area contributed by atoms with Gasteiger partial charge in [0, 0.05) is 11.8 Å². The van der Waals surface area contributed by atoms with E-state index in [2.05, 4.69) is 20.5 Å². The van der Waals surface area contributed by atoms with Gasteiger partial charge in [-0.25, -0.2) is 14.8 Å². The van der Waals surface area contributed by atoms with Crippen molar-refractivity contribution in [3.05, 3.63) is 87.6 Å². The second kappa shape index (κ2) is 8.06. The molecule has 3 rings (SSSR count). The number of H-pyrrole nitrogens is 1. The number of ether oxygens (including phenoxy) is 1. The maximum absolute atomic E-state index is 12.9. The lowest BCUT2D eigenvalue weighted by atomic mass is 10.2. The topological polar surface area (TPSA) is 79.4 Å². The summed E-state index contributed by atoms with van der Waals surface area (Å²) < 4.78 is 18.6. The number of anilines is 1. The minimum atomic E-state index is -0.274. The van der Waals surface area contributed by atoms with Crippen molar-refractivity contribution in [1.29, 1.82) is 0 Å². The number of hydrogen-bond donors (Lipinski definition) is 2. The second-order valence-corrected chi connectivity index (χ2v) is 5.59. The number of aromatic amines is 1. The number of aryl methyl sites for hydroxylation is 1. The van der Waals surface area contributed by atoms with Crippen molar-refractivity contribution < 1.29 is 9.13 Å². The van der Waals surface area contributed by atoms with E-state index in [-0.39, 0.29) is 17.3 Å². The molecule has 0 aliphatic carbocycles. The van der Waals surface area contributed by atoms with Crippen molar-refractivity contribution in [2.24, 2.45) is 5.10 Å². The van der Waals surface area contributed by atoms with Gasteiger partial charge in [-0.1, -0.05) is 24.3 Å². The van der Waals surface area contributed by atoms with Crippen LogP contribution in [-0.4, -0.2) is 16.2 Å². The van der Waals surface area contributed by atoms with Crippen LogP contribution in [0.5, 0.6) is 5.75 Å². The molecule has 0 bridgehead atoms. The highest BCUT2D eigenvalue weighted by molar-refractivity contribution is 5.80. The molecule has 3 aromatic rings. The largest absolute Gasteiger partial charge is 0.489 e. The molecule has 0 aliphatic rings. The molecule has 0 fully saturated rings. The van der Waals surface area contributed by atoms with E-state index in [0.29, 0.717) is 18.1 Å². The molecule has 2 aromatic carbocycles. The lowest BCUT2D eigenvalue weighted by Gasteiger charge is -2.07. The molecule has 0 saturated heterocycles. The van der Waals surface area contributed by atoms with Crippen molar-refractivity contribution >= 4 is 12.2 Å². The summed E-state index contributed by atoms with van der Waals surface area (Å²) in [6.07, 6.45) is 1.59. The number of nitrogens with zero attached hydrogens (tertiary/aromatic N) is 2. The van der Waals surface area contributed by atoms with Gasteiger partial charge in [0.1, 0.15) is 18.2 Å². The normalized spacial score (nSPS) is 10.8. The third-order valence-electron chi connectivity index (χ3n) is 3.43. The molecule has 0 saturated carbocycles. The molecule has 0 spiro atoms. The summed E-state index contributed by atoms with van der Waals surface area (Å²) in [6.45, 7) is 2.07. The summed E-state index contributed by atoms with van der Waals surface area (Å²) in [5, 5.41) is 4.06. The van der Waals surface area contributed by atoms with Gasteiger partial charge >= 0.3 is 0 Å². The lowest BCUT2D eigenvalue weighted by Crippen LogP contribution is -2.10. The molecule has 1 heterocycles. The van der Waals surface area contributed by atoms with Crippen molar-refractivity contribution in [1.82, 2.24) is 9.97 Å². The van der Waals surface area contributed by atoms with E-state index in [0.717, 1.165) is 11.1 Å². The Balaban J connectivity index is 1.61. The zero-order chi connectivity index (χ0) is 18.4. The second-order valence-electron chi connectivity index (χ2n) is 5.59. The fourth-order valence-electron chi connectivity index (χ4n) is 2.23. The average molecular weight is 352 g/mol. The van der Waals surface area contributed by atoms with Crippen LogP contribution in [0, 0.1) is 12.7 Å². The zero-order valence-corrected chi connectivity index (χ0v) is 14.1. The summed E-state index contributed by atoms with van der Waals surface area (Å²) in [4.78, 5) is 18.0. The van der Waals surface area contributed by atoms with Gasteiger partial charge in [0.05, 0.1) is 6.21 Å². The van der Waals surface area contributed by atoms with Crippen LogP contribution in [0.3, 0.4) is 0 Å². The fraction of sp³-hybridized carbons (Fsp3) is 0.105. The minimum Gasteiger partial charge on any atom is -0.489 e. The van der Waals surface area contributed by atoms with Crippen molar-refractivity contribution in [3.8, 4) is 5.75 Å². The third-order valence-corrected chi connectivity index (χ3v) is 3.43. The Morgan fingerprint density at radius 3 is 2.81 bits per heavy atom. The zero-order valence-electron chi connectivity index (χ0n) is 14.1. The van der Waals surface area contributed by atoms with Crippen LogP contribution in [0.4, 0.5) is 10.3 Å². The highest BCUT2D eigenvalue weighted by atomic mass is 19.1. The van der Waals surface area contributed by atoms with Crippen molar-refractivity contribution in [3.63, 3.8) is 0 Å². The Morgan fingerprint density at radius 2 is 2.04 bits per heavy atom. The van der Waals surface area contributed by atoms with E-state index in [9.17, 15) is 9.18 Å². The fourth-order valence-corrected chi connectivity index (χ4v) is 2.23. The molecular weight excluding hydrogens is 335 g/mol. The van der Waals surface area contributed by atoms with Gasteiger partial charge in [-0.3, -0.25) is 9.78 Å². The van der Waals surface area contributed by atoms with Crippen molar-refractivity contribution in [2.75, 3.05) is 5.43 Å². The van der Waals surface area contributed by atoms with Gasteiger partial charge in [-0.2, -0.15) is 5.10 Å². The van der Waals surface area contributed by atoms with Crippen LogP contribution in [0.25, 0.3) is 0 Å². The van der Waals surface area contributed by atoms with E-state index < -0.39 is 0 Å². The number of rotatable bonds is 6. The monoisotopic (exact) mass is 352 g/mol. The lowest BCUT2D eigenvalue weighted by molar-refractivity contribution is 0.306. The van der Waals surface area contributed by atoms with Crippen LogP contribution in [0.2, 0.25) is 0 Å². The van der Waals surface area contributed by atoms with Gasteiger partial charge in [0.25, 0.3) is 5.56 Å². The molecule has 0 unspecified atom stereocenters. The standard InChI is InChI=1S/C19H17FN4O2/c1-13-9-18(25)23-19(22-13)24-21-11-15-3-2-4-17(10-15)26-12-14-5-7-16(20)8-6-14/h2-11H,12H2,1H3,(H2,22,23,24,25)/b21-11-. The highest BCUT2D eigenvalue weighted by Gasteiger charge is 1.99. The summed E-state index contributed by atoms with van der Waals surface area (Å²) in [5.74, 6) is 0.666. The first kappa shape index (κ1) is 17.3. The number of aromatic nitrogens is 2. The Labute approximate surface area is 149 Å². The van der Waals surface area contributed by atoms with E-state index in [1.54, 1.807) is 25.3 Å². The predicted octanol–water partition coefficient (Wildman–Crippen LogP) is 3.24. The first-order valence-corrected chi connectivity index (χ1v) is 7.93. The quantitative estimate of drug-likeness (QED) is 0.527. The number of hydrogen-bond acceptors (Lipinski definition) is 5. The first-order chi connectivity index (χ1) is 12.6. The number of benzene rings is 2. The Bertz CT molecular complexity index is 968. The first-order valence-electron chi connectivity index (χ1n) is 7.93. The van der Waals surface area contributed by atoms with Gasteiger partial charge in [-0.15, -0.1) is 0 Å². The summed E-state index contributed by atoms with van der Waals surface area (Å²) in [6, 6.07) is 14.9. The predicted molar refractivity (Wildman–Crippen MR) is 98.0 cm³/mol. The van der Waals surface area contributed by atoms with Crippen LogP contribution in [-0.2, 0) is 6.61 Å². The Kier molecular flexibility index (Phi) is 5.38. The number of nitrogens with one attached hydrogen (secondary N) is 2. The molecular formula is C19H17FN4O2. The van der Waals surface area contributed by atoms with Crippen LogP contribution in [0.15, 0.2) is 64.5 Å². The van der Waals surface area contributed by atoms with Crippen LogP contribution >= 0.6 is 0 Å². The smallest absolute Gasteiger partial charge is 0.252 e. The van der Waals surface area contributed by atoms with E-state index in [1.807, 2.05) is 24.3 Å². The van der Waals surface area contributed by atoms with Gasteiger partial charge < -0.3 is 4.74 Å². The summed E-state index contributed by atoms with van der Waals surface area (Å²) in [7, 11) is 0. The number of hydrazone groups is 1. The van der Waals surface area contributed by atoms with E-state index in [4.69, 9.17) is 4.74 Å². The van der Waals surface area contributed by atoms with Crippen LogP contribution in [0.1, 0.15) is 16.8 Å². The molecule has 0 amide bonds. The van der Waals surface area contributed by atoms with Crippen molar-refractivity contribution in [2.45, 2.75) is 13.5 Å². The van der Waals surface area contributed by atoms with Gasteiger partial charge in [0.15, 0.2) is 0 Å². The molecule has 6 nitrogen and oxygen atoms in total. The average Bonchev–Trinajstić information content (AvgIpc) is 2.61. The third kappa shape index (κ3) is 5.01. The van der Waals surface area contributed by atoms with E-state index >= 15 is 0 Å². The molecule has 26 heavy (non-hydrogen) atoms. The SMILES string of the molecule is Cc1cc(=O)[nH]c(N/N=C\c2cccc(OCc3ccc(F)cc3)c2)n1. The van der Waals surface area contributed by atoms with E-state index in [1.165, 1.54) is 18.2 Å². The summed E-state index contributed by atoms with van der Waals surface area (Å²) >= 11 is 0. The molecule has 0 atom stereocenters. The molecule has 132 valence electrons. The minimum absolute atomic E-state index is 0.244. The molecule has 7 heteroatoms.